The van der Waals surface area contributed by atoms with Gasteiger partial charge < -0.3 is 10.2 Å². The average molecular weight is 316 g/mol. The number of benzene rings is 1. The molecule has 0 amide bonds. The largest absolute Gasteiger partial charge is 0.508 e. The van der Waals surface area contributed by atoms with Gasteiger partial charge >= 0.3 is 5.97 Å². The van der Waals surface area contributed by atoms with Crippen molar-refractivity contribution < 1.29 is 15.0 Å². The molecule has 1 aromatic carbocycles. The van der Waals surface area contributed by atoms with E-state index < -0.39 is 11.4 Å². The number of aliphatic carboxylic acids is 1. The minimum atomic E-state index is -0.667. The number of carboxylic acid groups (broad SMARTS) is 1. The third-order valence-corrected chi connectivity index (χ3v) is 6.61. The molecule has 23 heavy (non-hydrogen) atoms. The summed E-state index contributed by atoms with van der Waals surface area (Å²) >= 11 is 0. The summed E-state index contributed by atoms with van der Waals surface area (Å²) in [7, 11) is 0. The van der Waals surface area contributed by atoms with Crippen molar-refractivity contribution in [3.63, 3.8) is 0 Å². The highest BCUT2D eigenvalue weighted by Crippen LogP contribution is 2.58. The van der Waals surface area contributed by atoms with E-state index in [1.807, 2.05) is 13.0 Å². The fraction of sp³-hybridized carbons (Fsp3) is 0.650. The van der Waals surface area contributed by atoms with Gasteiger partial charge in [0, 0.05) is 0 Å². The molecule has 0 bridgehead atoms. The smallest absolute Gasteiger partial charge is 0.309 e. The van der Waals surface area contributed by atoms with E-state index in [0.29, 0.717) is 11.7 Å². The maximum absolute atomic E-state index is 11.9. The van der Waals surface area contributed by atoms with Crippen molar-refractivity contribution in [2.24, 2.45) is 11.3 Å². The number of carboxylic acids is 1. The zero-order valence-corrected chi connectivity index (χ0v) is 14.6. The van der Waals surface area contributed by atoms with Crippen LogP contribution in [0.1, 0.15) is 76.0 Å². The van der Waals surface area contributed by atoms with Crippen LogP contribution in [0.15, 0.2) is 12.1 Å². The summed E-state index contributed by atoms with van der Waals surface area (Å²) in [5.41, 5.74) is 2.69. The number of aromatic hydroxyl groups is 1. The SMILES string of the molecule is CC(C)c1cc2c(cc1O)[C@]1(C)CCC[C@@](C)(C(=O)O)[C@@H]1CC2. The number of phenolic OH excluding ortho intramolecular Hbond substituents is 1. The van der Waals surface area contributed by atoms with Gasteiger partial charge in [-0.1, -0.05) is 33.3 Å². The van der Waals surface area contributed by atoms with Crippen LogP contribution in [-0.4, -0.2) is 16.2 Å². The van der Waals surface area contributed by atoms with Gasteiger partial charge in [-0.15, -0.1) is 0 Å². The van der Waals surface area contributed by atoms with Gasteiger partial charge in [-0.3, -0.25) is 4.79 Å². The van der Waals surface area contributed by atoms with Crippen molar-refractivity contribution in [2.75, 3.05) is 0 Å². The third-order valence-electron chi connectivity index (χ3n) is 6.61. The second-order valence-electron chi connectivity index (χ2n) is 8.31. The van der Waals surface area contributed by atoms with Crippen LogP contribution in [-0.2, 0) is 16.6 Å². The number of hydrogen-bond acceptors (Lipinski definition) is 2. The van der Waals surface area contributed by atoms with E-state index in [-0.39, 0.29) is 11.3 Å². The van der Waals surface area contributed by atoms with E-state index in [9.17, 15) is 15.0 Å². The highest BCUT2D eigenvalue weighted by atomic mass is 16.4. The summed E-state index contributed by atoms with van der Waals surface area (Å²) in [6, 6.07) is 4.09. The maximum atomic E-state index is 11.9. The number of rotatable bonds is 2. The Kier molecular flexibility index (Phi) is 3.74. The first-order valence-corrected chi connectivity index (χ1v) is 8.80. The highest BCUT2D eigenvalue weighted by Gasteiger charge is 2.55. The summed E-state index contributed by atoms with van der Waals surface area (Å²) in [6.45, 7) is 8.32. The van der Waals surface area contributed by atoms with Gasteiger partial charge in [-0.25, -0.2) is 0 Å². The number of phenols is 1. The first-order chi connectivity index (χ1) is 10.7. The molecule has 0 unspecified atom stereocenters. The molecule has 0 saturated heterocycles. The zero-order chi connectivity index (χ0) is 17.0. The lowest BCUT2D eigenvalue weighted by molar-refractivity contribution is -0.157. The minimum absolute atomic E-state index is 0.137. The Morgan fingerprint density at radius 1 is 1.26 bits per heavy atom. The first kappa shape index (κ1) is 16.4. The number of fused-ring (bicyclic) bond motifs is 3. The Hall–Kier alpha value is -1.51. The van der Waals surface area contributed by atoms with Crippen LogP contribution in [0.2, 0.25) is 0 Å². The third kappa shape index (κ3) is 2.28. The fourth-order valence-corrected chi connectivity index (χ4v) is 5.24. The van der Waals surface area contributed by atoms with Crippen LogP contribution in [0.4, 0.5) is 0 Å². The average Bonchev–Trinajstić information content (AvgIpc) is 2.46. The molecule has 126 valence electrons. The molecule has 2 aliphatic rings. The lowest BCUT2D eigenvalue weighted by Crippen LogP contribution is -2.52. The van der Waals surface area contributed by atoms with E-state index in [1.54, 1.807) is 0 Å². The molecule has 0 spiro atoms. The molecule has 0 radical (unpaired) electrons. The molecule has 0 heterocycles. The number of carbonyl (C=O) groups is 1. The Morgan fingerprint density at radius 2 is 1.96 bits per heavy atom. The summed E-state index contributed by atoms with van der Waals surface area (Å²) in [6.07, 6.45) is 4.54. The van der Waals surface area contributed by atoms with Gasteiger partial charge in [0.25, 0.3) is 0 Å². The van der Waals surface area contributed by atoms with E-state index in [2.05, 4.69) is 26.8 Å². The monoisotopic (exact) mass is 316 g/mol. The molecule has 1 fully saturated rings. The molecular weight excluding hydrogens is 288 g/mol. The number of aryl methyl sites for hydroxylation is 1. The summed E-state index contributed by atoms with van der Waals surface area (Å²) in [5.74, 6) is 0.127. The maximum Gasteiger partial charge on any atom is 0.309 e. The van der Waals surface area contributed by atoms with E-state index in [0.717, 1.165) is 37.7 Å². The van der Waals surface area contributed by atoms with Crippen LogP contribution in [0.25, 0.3) is 0 Å². The van der Waals surface area contributed by atoms with E-state index in [1.165, 1.54) is 11.1 Å². The molecular formula is C20H28O3. The topological polar surface area (TPSA) is 57.5 Å². The van der Waals surface area contributed by atoms with Crippen LogP contribution in [0, 0.1) is 11.3 Å². The molecule has 3 heteroatoms. The van der Waals surface area contributed by atoms with Gasteiger partial charge in [-0.2, -0.15) is 0 Å². The standard InChI is InChI=1S/C20H28O3/c1-12(2)14-10-13-6-7-17-19(3,15(13)11-16(14)21)8-5-9-20(17,4)18(22)23/h10-12,17,21H,5-9H2,1-4H3,(H,22,23)/t17-,19+,20-/m1/s1. The summed E-state index contributed by atoms with van der Waals surface area (Å²) < 4.78 is 0. The van der Waals surface area contributed by atoms with Crippen LogP contribution in [0.3, 0.4) is 0 Å². The molecule has 0 aromatic heterocycles. The van der Waals surface area contributed by atoms with Crippen molar-refractivity contribution in [2.45, 2.75) is 71.1 Å². The van der Waals surface area contributed by atoms with Gasteiger partial charge in [-0.05, 0) is 72.6 Å². The van der Waals surface area contributed by atoms with Crippen LogP contribution in [0.5, 0.6) is 5.75 Å². The van der Waals surface area contributed by atoms with Gasteiger partial charge in [0.05, 0.1) is 5.41 Å². The summed E-state index contributed by atoms with van der Waals surface area (Å²) in [5, 5.41) is 20.3. The Balaban J connectivity index is 2.13. The molecule has 0 aliphatic heterocycles. The van der Waals surface area contributed by atoms with Gasteiger partial charge in [0.2, 0.25) is 0 Å². The molecule has 3 nitrogen and oxygen atoms in total. The summed E-state index contributed by atoms with van der Waals surface area (Å²) in [4.78, 5) is 11.9. The zero-order valence-electron chi connectivity index (χ0n) is 14.6. The van der Waals surface area contributed by atoms with Gasteiger partial charge in [0.1, 0.15) is 5.75 Å². The second-order valence-corrected chi connectivity index (χ2v) is 8.31. The number of hydrogen-bond donors (Lipinski definition) is 2. The van der Waals surface area contributed by atoms with E-state index in [4.69, 9.17) is 0 Å². The second kappa shape index (κ2) is 5.25. The normalized spacial score (nSPS) is 33.2. The minimum Gasteiger partial charge on any atom is -0.508 e. The van der Waals surface area contributed by atoms with Crippen molar-refractivity contribution in [1.29, 1.82) is 0 Å². The van der Waals surface area contributed by atoms with Crippen molar-refractivity contribution in [3.05, 3.63) is 28.8 Å². The molecule has 1 saturated carbocycles. The van der Waals surface area contributed by atoms with Crippen molar-refractivity contribution in [3.8, 4) is 5.75 Å². The lowest BCUT2D eigenvalue weighted by Gasteiger charge is -2.53. The van der Waals surface area contributed by atoms with E-state index >= 15 is 0 Å². The molecule has 3 atom stereocenters. The molecule has 2 N–H and O–H groups in total. The Morgan fingerprint density at radius 3 is 2.57 bits per heavy atom. The van der Waals surface area contributed by atoms with Crippen LogP contribution < -0.4 is 0 Å². The highest BCUT2D eigenvalue weighted by molar-refractivity contribution is 5.75. The first-order valence-electron chi connectivity index (χ1n) is 8.80. The van der Waals surface area contributed by atoms with Crippen LogP contribution >= 0.6 is 0 Å². The quantitative estimate of drug-likeness (QED) is 0.837. The molecule has 2 aliphatic carbocycles. The molecule has 3 rings (SSSR count). The molecule has 1 aromatic rings. The fourth-order valence-electron chi connectivity index (χ4n) is 5.24. The van der Waals surface area contributed by atoms with Gasteiger partial charge in [0.15, 0.2) is 0 Å². The Labute approximate surface area is 138 Å². The predicted molar refractivity (Wildman–Crippen MR) is 91.0 cm³/mol. The predicted octanol–water partition coefficient (Wildman–Crippen LogP) is 4.61. The lowest BCUT2D eigenvalue weighted by atomic mass is 9.49. The Bertz CT molecular complexity index is 649. The van der Waals surface area contributed by atoms with Crippen molar-refractivity contribution >= 4 is 5.97 Å². The van der Waals surface area contributed by atoms with Crippen molar-refractivity contribution in [1.82, 2.24) is 0 Å².